The van der Waals surface area contributed by atoms with Crippen LogP contribution >= 0.6 is 11.6 Å². The minimum atomic E-state index is -0.815. The Morgan fingerprint density at radius 3 is 2.65 bits per heavy atom. The van der Waals surface area contributed by atoms with Crippen molar-refractivity contribution in [2.24, 2.45) is 5.73 Å². The standard InChI is InChI=1S/C24H27ClFN7O/c25-17-3-1-16(2-4-17)14-31-18-5-8-24(9-6-18,10-11-27)32-15-20(23(29)34)22(28)33-19-7-12-30-21(26)13-19/h1-4,7,12-13,15,18,31-32H,5-6,8-10,14H2,(H2,29,34)(H2,28,30,33)/b20-15+. The smallest absolute Gasteiger partial charge is 0.253 e. The van der Waals surface area contributed by atoms with Gasteiger partial charge in [0.2, 0.25) is 5.95 Å². The van der Waals surface area contributed by atoms with Gasteiger partial charge in [0.15, 0.2) is 0 Å². The first-order valence-electron chi connectivity index (χ1n) is 10.9. The first-order chi connectivity index (χ1) is 16.3. The summed E-state index contributed by atoms with van der Waals surface area (Å²) in [4.78, 5) is 15.4. The minimum absolute atomic E-state index is 0.0995. The first-order valence-corrected chi connectivity index (χ1v) is 11.3. The van der Waals surface area contributed by atoms with Crippen molar-refractivity contribution in [1.29, 1.82) is 10.7 Å². The molecule has 1 aromatic carbocycles. The average molecular weight is 484 g/mol. The molecule has 0 aliphatic heterocycles. The van der Waals surface area contributed by atoms with Gasteiger partial charge in [-0.1, -0.05) is 23.7 Å². The monoisotopic (exact) mass is 483 g/mol. The normalized spacial score (nSPS) is 20.3. The van der Waals surface area contributed by atoms with Gasteiger partial charge in [-0.25, -0.2) is 4.98 Å². The van der Waals surface area contributed by atoms with E-state index in [9.17, 15) is 14.4 Å². The molecular weight excluding hydrogens is 457 g/mol. The number of carbonyl (C=O) groups excluding carboxylic acids is 1. The van der Waals surface area contributed by atoms with E-state index in [4.69, 9.17) is 22.7 Å². The summed E-state index contributed by atoms with van der Waals surface area (Å²) in [6.07, 6.45) is 5.97. The van der Waals surface area contributed by atoms with Crippen LogP contribution in [-0.4, -0.2) is 28.3 Å². The van der Waals surface area contributed by atoms with E-state index < -0.39 is 17.4 Å². The highest BCUT2D eigenvalue weighted by Crippen LogP contribution is 2.31. The first kappa shape index (κ1) is 25.1. The van der Waals surface area contributed by atoms with Crippen molar-refractivity contribution in [1.82, 2.24) is 15.6 Å². The molecule has 0 radical (unpaired) electrons. The largest absolute Gasteiger partial charge is 0.384 e. The number of carbonyl (C=O) groups is 1. The van der Waals surface area contributed by atoms with Crippen LogP contribution in [0.15, 0.2) is 54.4 Å². The number of nitrogens with two attached hydrogens (primary N) is 1. The molecule has 34 heavy (non-hydrogen) atoms. The topological polar surface area (TPSA) is 140 Å². The predicted molar refractivity (Wildman–Crippen MR) is 129 cm³/mol. The molecular formula is C24H27ClFN7O. The highest BCUT2D eigenvalue weighted by Gasteiger charge is 2.34. The van der Waals surface area contributed by atoms with Crippen molar-refractivity contribution in [3.63, 3.8) is 0 Å². The van der Waals surface area contributed by atoms with E-state index in [0.29, 0.717) is 23.9 Å². The van der Waals surface area contributed by atoms with E-state index in [-0.39, 0.29) is 23.5 Å². The van der Waals surface area contributed by atoms with E-state index in [1.165, 1.54) is 18.5 Å². The maximum Gasteiger partial charge on any atom is 0.253 e. The quantitative estimate of drug-likeness (QED) is 0.160. The minimum Gasteiger partial charge on any atom is -0.384 e. The van der Waals surface area contributed by atoms with Crippen molar-refractivity contribution in [3.8, 4) is 6.07 Å². The molecule has 1 aliphatic rings. The SMILES string of the molecule is N#CCC1(N/C=C(\C(=N)Nc2ccnc(F)c2)C(N)=O)CCC(NCc2ccc(Cl)cc2)CC1. The lowest BCUT2D eigenvalue weighted by Crippen LogP contribution is -2.49. The Hall–Kier alpha value is -3.48. The number of nitrogens with zero attached hydrogens (tertiary/aromatic N) is 2. The van der Waals surface area contributed by atoms with Crippen LogP contribution in [0.2, 0.25) is 5.02 Å². The Labute approximate surface area is 202 Å². The molecule has 1 heterocycles. The van der Waals surface area contributed by atoms with Gasteiger partial charge >= 0.3 is 0 Å². The molecule has 10 heteroatoms. The molecule has 1 fully saturated rings. The fraction of sp³-hybridized carbons (Fsp3) is 0.333. The van der Waals surface area contributed by atoms with Crippen LogP contribution in [0.25, 0.3) is 0 Å². The number of nitrogens with one attached hydrogen (secondary N) is 4. The lowest BCUT2D eigenvalue weighted by atomic mass is 9.77. The highest BCUT2D eigenvalue weighted by atomic mass is 35.5. The average Bonchev–Trinajstić information content (AvgIpc) is 2.80. The number of benzene rings is 1. The number of halogens is 2. The van der Waals surface area contributed by atoms with Gasteiger partial charge < -0.3 is 21.7 Å². The van der Waals surface area contributed by atoms with Gasteiger partial charge in [0.25, 0.3) is 5.91 Å². The van der Waals surface area contributed by atoms with Gasteiger partial charge in [-0.15, -0.1) is 0 Å². The third-order valence-electron chi connectivity index (χ3n) is 5.92. The summed E-state index contributed by atoms with van der Waals surface area (Å²) >= 11 is 5.94. The van der Waals surface area contributed by atoms with Crippen molar-refractivity contribution < 1.29 is 9.18 Å². The molecule has 0 bridgehead atoms. The Morgan fingerprint density at radius 2 is 2.03 bits per heavy atom. The van der Waals surface area contributed by atoms with Gasteiger partial charge in [0, 0.05) is 47.3 Å². The Kier molecular flexibility index (Phi) is 8.57. The molecule has 2 aromatic rings. The number of aromatic nitrogens is 1. The van der Waals surface area contributed by atoms with Gasteiger partial charge in [-0.05, 0) is 49.4 Å². The predicted octanol–water partition coefficient (Wildman–Crippen LogP) is 3.61. The molecule has 3 rings (SSSR count). The summed E-state index contributed by atoms with van der Waals surface area (Å²) < 4.78 is 13.3. The van der Waals surface area contributed by atoms with Crippen molar-refractivity contribution >= 4 is 29.0 Å². The summed E-state index contributed by atoms with van der Waals surface area (Å²) in [7, 11) is 0. The fourth-order valence-electron chi connectivity index (χ4n) is 3.95. The molecule has 8 nitrogen and oxygen atoms in total. The van der Waals surface area contributed by atoms with Crippen LogP contribution in [0.4, 0.5) is 10.1 Å². The van der Waals surface area contributed by atoms with E-state index in [0.717, 1.165) is 31.0 Å². The number of anilines is 1. The molecule has 0 saturated heterocycles. The zero-order chi connectivity index (χ0) is 24.6. The van der Waals surface area contributed by atoms with Gasteiger partial charge in [-0.3, -0.25) is 10.2 Å². The van der Waals surface area contributed by atoms with Crippen LogP contribution in [-0.2, 0) is 11.3 Å². The Morgan fingerprint density at radius 1 is 1.32 bits per heavy atom. The highest BCUT2D eigenvalue weighted by molar-refractivity contribution is 6.30. The van der Waals surface area contributed by atoms with Crippen LogP contribution < -0.4 is 21.7 Å². The number of hydrogen-bond acceptors (Lipinski definition) is 6. The van der Waals surface area contributed by atoms with Crippen molar-refractivity contribution in [2.75, 3.05) is 5.32 Å². The van der Waals surface area contributed by atoms with E-state index in [1.807, 2.05) is 24.3 Å². The molecule has 6 N–H and O–H groups in total. The van der Waals surface area contributed by atoms with Gasteiger partial charge in [-0.2, -0.15) is 9.65 Å². The summed E-state index contributed by atoms with van der Waals surface area (Å²) in [6, 6.07) is 12.8. The van der Waals surface area contributed by atoms with Crippen LogP contribution in [0, 0.1) is 22.7 Å². The maximum absolute atomic E-state index is 13.3. The summed E-state index contributed by atoms with van der Waals surface area (Å²) in [5, 5.41) is 27.7. The molecule has 1 saturated carbocycles. The maximum atomic E-state index is 13.3. The van der Waals surface area contributed by atoms with E-state index >= 15 is 0 Å². The molecule has 0 unspecified atom stereocenters. The van der Waals surface area contributed by atoms with Crippen LogP contribution in [0.5, 0.6) is 0 Å². The lowest BCUT2D eigenvalue weighted by Gasteiger charge is -2.39. The summed E-state index contributed by atoms with van der Waals surface area (Å²) in [6.45, 7) is 0.727. The van der Waals surface area contributed by atoms with Crippen LogP contribution in [0.3, 0.4) is 0 Å². The van der Waals surface area contributed by atoms with Gasteiger partial charge in [0.1, 0.15) is 5.84 Å². The molecule has 0 spiro atoms. The second-order valence-corrected chi connectivity index (χ2v) is 8.77. The van der Waals surface area contributed by atoms with Gasteiger partial charge in [0.05, 0.1) is 18.1 Å². The zero-order valence-electron chi connectivity index (χ0n) is 18.6. The van der Waals surface area contributed by atoms with Crippen LogP contribution in [0.1, 0.15) is 37.7 Å². The fourth-order valence-corrected chi connectivity index (χ4v) is 4.07. The lowest BCUT2D eigenvalue weighted by molar-refractivity contribution is -0.114. The molecule has 1 aromatic heterocycles. The molecule has 0 atom stereocenters. The molecule has 1 aliphatic carbocycles. The molecule has 1 amide bonds. The summed E-state index contributed by atoms with van der Waals surface area (Å²) in [5.74, 6) is -1.81. The van der Waals surface area contributed by atoms with E-state index in [2.05, 4.69) is 27.0 Å². The van der Waals surface area contributed by atoms with Crippen molar-refractivity contribution in [3.05, 3.63) is 70.9 Å². The third-order valence-corrected chi connectivity index (χ3v) is 6.17. The van der Waals surface area contributed by atoms with E-state index in [1.54, 1.807) is 0 Å². The number of primary amides is 1. The number of amides is 1. The summed E-state index contributed by atoms with van der Waals surface area (Å²) in [5.41, 5.74) is 6.26. The number of pyridine rings is 1. The third kappa shape index (κ3) is 7.01. The Balaban J connectivity index is 1.62. The number of amidine groups is 1. The molecule has 178 valence electrons. The van der Waals surface area contributed by atoms with Crippen molar-refractivity contribution in [2.45, 2.75) is 50.2 Å². The number of hydrogen-bond donors (Lipinski definition) is 5. The number of nitriles is 1. The zero-order valence-corrected chi connectivity index (χ0v) is 19.3. The number of rotatable bonds is 9. The second kappa shape index (κ2) is 11.6. The second-order valence-electron chi connectivity index (χ2n) is 8.33. The Bertz CT molecular complexity index is 1090.